The maximum absolute atomic E-state index is 13.3. The summed E-state index contributed by atoms with van der Waals surface area (Å²) in [5, 5.41) is 2.92. The third kappa shape index (κ3) is 3.13. The normalized spacial score (nSPS) is 17.5. The van der Waals surface area contributed by atoms with Crippen molar-refractivity contribution in [1.29, 1.82) is 0 Å². The van der Waals surface area contributed by atoms with Crippen LogP contribution in [0.1, 0.15) is 12.0 Å². The van der Waals surface area contributed by atoms with Crippen LogP contribution < -0.4 is 9.64 Å². The van der Waals surface area contributed by atoms with Crippen LogP contribution in [0.3, 0.4) is 0 Å². The number of carbonyl (C=O) groups excluding carboxylic acids is 1. The topological polar surface area (TPSA) is 48.0 Å². The molecule has 1 spiro atoms. The zero-order chi connectivity index (χ0) is 20.7. The van der Waals surface area contributed by atoms with Crippen molar-refractivity contribution in [2.75, 3.05) is 31.3 Å². The van der Waals surface area contributed by atoms with Gasteiger partial charge in [-0.1, -0.05) is 53.5 Å². The van der Waals surface area contributed by atoms with Crippen molar-refractivity contribution >= 4 is 45.6 Å². The summed E-state index contributed by atoms with van der Waals surface area (Å²) < 4.78 is 17.6. The van der Waals surface area contributed by atoms with Crippen LogP contribution in [0.4, 0.5) is 5.69 Å². The molecule has 0 aromatic heterocycles. The number of fused-ring (bicyclic) bond motifs is 3. The first-order chi connectivity index (χ1) is 14.6. The van der Waals surface area contributed by atoms with Gasteiger partial charge in [0, 0.05) is 5.56 Å². The molecule has 2 aliphatic rings. The summed E-state index contributed by atoms with van der Waals surface area (Å²) in [5.74, 6) is -1.02. The Kier molecular flexibility index (Phi) is 5.07. The third-order valence-electron chi connectivity index (χ3n) is 5.42. The van der Waals surface area contributed by atoms with E-state index >= 15 is 0 Å². The lowest BCUT2D eigenvalue weighted by Crippen LogP contribution is -2.48. The fraction of sp³-hybridized carbons (Fsp3) is 0.261. The molecule has 5 rings (SSSR count). The smallest absolute Gasteiger partial charge is 0.292 e. The maximum atomic E-state index is 13.3. The van der Waals surface area contributed by atoms with Crippen LogP contribution in [0, 0.1) is 0 Å². The van der Waals surface area contributed by atoms with Crippen LogP contribution in [0.25, 0.3) is 10.8 Å². The number of hydrogen-bond acceptors (Lipinski definition) is 4. The zero-order valence-corrected chi connectivity index (χ0v) is 17.6. The van der Waals surface area contributed by atoms with Crippen LogP contribution in [-0.2, 0) is 20.1 Å². The number of ether oxygens (including phenoxy) is 3. The van der Waals surface area contributed by atoms with Crippen molar-refractivity contribution in [2.24, 2.45) is 0 Å². The van der Waals surface area contributed by atoms with Gasteiger partial charge in [0.1, 0.15) is 12.4 Å². The van der Waals surface area contributed by atoms with Crippen molar-refractivity contribution in [3.8, 4) is 5.75 Å². The number of hydrogen-bond donors (Lipinski definition) is 0. The van der Waals surface area contributed by atoms with E-state index in [1.165, 1.54) is 0 Å². The largest absolute Gasteiger partial charge is 0.492 e. The summed E-state index contributed by atoms with van der Waals surface area (Å²) in [6.45, 7) is 1.44. The molecule has 5 nitrogen and oxygen atoms in total. The molecule has 1 amide bonds. The van der Waals surface area contributed by atoms with Crippen molar-refractivity contribution in [2.45, 2.75) is 12.2 Å². The van der Waals surface area contributed by atoms with Crippen LogP contribution in [0.2, 0.25) is 10.0 Å². The fourth-order valence-corrected chi connectivity index (χ4v) is 4.42. The van der Waals surface area contributed by atoms with Crippen LogP contribution in [0.5, 0.6) is 5.75 Å². The molecule has 1 fully saturated rings. The van der Waals surface area contributed by atoms with E-state index in [0.29, 0.717) is 34.5 Å². The minimum Gasteiger partial charge on any atom is -0.492 e. The lowest BCUT2D eigenvalue weighted by molar-refractivity contribution is -0.256. The minimum atomic E-state index is -1.45. The number of halogens is 2. The Hall–Kier alpha value is -2.31. The molecule has 2 heterocycles. The van der Waals surface area contributed by atoms with Gasteiger partial charge in [-0.2, -0.15) is 0 Å². The average Bonchev–Trinajstić information content (AvgIpc) is 2.99. The Labute approximate surface area is 184 Å². The van der Waals surface area contributed by atoms with Crippen molar-refractivity contribution in [3.63, 3.8) is 0 Å². The van der Waals surface area contributed by atoms with Crippen LogP contribution >= 0.6 is 23.2 Å². The van der Waals surface area contributed by atoms with Gasteiger partial charge < -0.3 is 19.1 Å². The quantitative estimate of drug-likeness (QED) is 0.558. The Balaban J connectivity index is 1.40. The first kappa shape index (κ1) is 19.6. The van der Waals surface area contributed by atoms with Gasteiger partial charge in [0.05, 0.1) is 35.5 Å². The molecule has 0 N–H and O–H groups in total. The second-order valence-corrected chi connectivity index (χ2v) is 8.02. The van der Waals surface area contributed by atoms with Gasteiger partial charge >= 0.3 is 0 Å². The molecule has 0 unspecified atom stereocenters. The highest BCUT2D eigenvalue weighted by molar-refractivity contribution is 6.44. The molecule has 3 aromatic carbocycles. The molecule has 0 saturated carbocycles. The van der Waals surface area contributed by atoms with E-state index < -0.39 is 5.79 Å². The van der Waals surface area contributed by atoms with Gasteiger partial charge in [-0.15, -0.1) is 0 Å². The monoisotopic (exact) mass is 443 g/mol. The van der Waals surface area contributed by atoms with E-state index in [9.17, 15) is 4.79 Å². The lowest BCUT2D eigenvalue weighted by Gasteiger charge is -2.32. The van der Waals surface area contributed by atoms with Gasteiger partial charge in [-0.25, -0.2) is 0 Å². The first-order valence-corrected chi connectivity index (χ1v) is 10.6. The predicted octanol–water partition coefficient (Wildman–Crippen LogP) is 5.16. The number of amides is 1. The first-order valence-electron chi connectivity index (χ1n) is 9.80. The highest BCUT2D eigenvalue weighted by Crippen LogP contribution is 2.50. The summed E-state index contributed by atoms with van der Waals surface area (Å²) in [6, 6.07) is 17.4. The summed E-state index contributed by atoms with van der Waals surface area (Å²) in [5.41, 5.74) is 1.12. The molecule has 0 bridgehead atoms. The number of nitrogens with zero attached hydrogens (tertiary/aromatic N) is 1. The van der Waals surface area contributed by atoms with Crippen LogP contribution in [-0.4, -0.2) is 32.3 Å². The van der Waals surface area contributed by atoms with E-state index in [2.05, 4.69) is 0 Å². The number of rotatable bonds is 4. The van der Waals surface area contributed by atoms with Gasteiger partial charge in [0.15, 0.2) is 0 Å². The van der Waals surface area contributed by atoms with E-state index in [4.69, 9.17) is 37.4 Å². The average molecular weight is 444 g/mol. The highest BCUT2D eigenvalue weighted by atomic mass is 35.5. The van der Waals surface area contributed by atoms with Crippen LogP contribution in [0.15, 0.2) is 54.6 Å². The fourth-order valence-electron chi connectivity index (χ4n) is 4.00. The number of benzene rings is 3. The number of anilines is 1. The Morgan fingerprint density at radius 2 is 1.77 bits per heavy atom. The standard InChI is InChI=1S/C23H19Cl2NO4/c24-19-9-8-18-21(20(19)25)26(22(27)23(18)29-11-3-12-30-23)10-13-28-17-7-6-15-4-1-2-5-16(15)14-17/h1-2,4-9,14H,3,10-13H2. The zero-order valence-electron chi connectivity index (χ0n) is 16.1. The highest BCUT2D eigenvalue weighted by Gasteiger charge is 2.55. The summed E-state index contributed by atoms with van der Waals surface area (Å²) in [4.78, 5) is 14.9. The maximum Gasteiger partial charge on any atom is 0.292 e. The van der Waals surface area contributed by atoms with Crippen molar-refractivity contribution in [3.05, 3.63) is 70.2 Å². The molecule has 154 valence electrons. The summed E-state index contributed by atoms with van der Waals surface area (Å²) in [7, 11) is 0. The molecule has 1 saturated heterocycles. The number of carbonyl (C=O) groups is 1. The van der Waals surface area contributed by atoms with Gasteiger partial charge in [-0.3, -0.25) is 4.79 Å². The lowest BCUT2D eigenvalue weighted by atomic mass is 10.1. The van der Waals surface area contributed by atoms with Gasteiger partial charge in [-0.05, 0) is 41.5 Å². The van der Waals surface area contributed by atoms with Crippen molar-refractivity contribution in [1.82, 2.24) is 0 Å². The van der Waals surface area contributed by atoms with E-state index in [1.807, 2.05) is 42.5 Å². The molecular formula is C23H19Cl2NO4. The minimum absolute atomic E-state index is 0.280. The van der Waals surface area contributed by atoms with Gasteiger partial charge in [0.25, 0.3) is 11.7 Å². The third-order valence-corrected chi connectivity index (χ3v) is 6.22. The van der Waals surface area contributed by atoms with E-state index in [-0.39, 0.29) is 19.1 Å². The van der Waals surface area contributed by atoms with Crippen molar-refractivity contribution < 1.29 is 19.0 Å². The molecule has 2 aliphatic heterocycles. The Morgan fingerprint density at radius 3 is 2.57 bits per heavy atom. The Bertz CT molecular complexity index is 1130. The molecule has 0 aliphatic carbocycles. The molecule has 7 heteroatoms. The summed E-state index contributed by atoms with van der Waals surface area (Å²) in [6.07, 6.45) is 0.733. The van der Waals surface area contributed by atoms with E-state index in [1.54, 1.807) is 17.0 Å². The molecule has 0 atom stereocenters. The molecule has 0 radical (unpaired) electrons. The molecule has 3 aromatic rings. The predicted molar refractivity (Wildman–Crippen MR) is 116 cm³/mol. The summed E-state index contributed by atoms with van der Waals surface area (Å²) >= 11 is 12.7. The Morgan fingerprint density at radius 1 is 1.00 bits per heavy atom. The molecular weight excluding hydrogens is 425 g/mol. The van der Waals surface area contributed by atoms with Gasteiger partial charge in [0.2, 0.25) is 0 Å². The van der Waals surface area contributed by atoms with E-state index in [0.717, 1.165) is 22.9 Å². The second kappa shape index (κ2) is 7.75. The molecule has 30 heavy (non-hydrogen) atoms. The second-order valence-electron chi connectivity index (χ2n) is 7.24. The SMILES string of the molecule is O=C1N(CCOc2ccc3ccccc3c2)c2c(ccc(Cl)c2Cl)C12OCCCO2.